The summed E-state index contributed by atoms with van der Waals surface area (Å²) in [5.41, 5.74) is 38.6. The molecule has 0 amide bonds. The summed E-state index contributed by atoms with van der Waals surface area (Å²) in [6.07, 6.45) is 0. The Morgan fingerprint density at radius 1 is 0.172 bits per heavy atom. The first-order valence-electron chi connectivity index (χ1n) is 21.5. The Morgan fingerprint density at radius 2 is 0.328 bits per heavy atom. The number of hydrogen-bond donors (Lipinski definition) is 0. The van der Waals surface area contributed by atoms with E-state index >= 15 is 0 Å². The van der Waals surface area contributed by atoms with Gasteiger partial charge in [-0.1, -0.05) is 0 Å². The summed E-state index contributed by atoms with van der Waals surface area (Å²) >= 11 is 0. The average molecular weight is 773 g/mol. The third kappa shape index (κ3) is 5.71. The zero-order valence-corrected chi connectivity index (χ0v) is 40.9. The molecular formula is C56H72N2. The Labute approximate surface area is 352 Å². The van der Waals surface area contributed by atoms with E-state index in [1.165, 1.54) is 178 Å². The highest BCUT2D eigenvalue weighted by molar-refractivity contribution is 6.03. The van der Waals surface area contributed by atoms with Gasteiger partial charge < -0.3 is 9.80 Å². The van der Waals surface area contributed by atoms with Gasteiger partial charge in [-0.05, 0) is 307 Å². The minimum absolute atomic E-state index is 1.33. The molecule has 0 unspecified atom stereocenters. The minimum atomic E-state index is 1.33. The Bertz CT molecular complexity index is 2550. The molecule has 6 aromatic rings. The number of hydrogen-bond acceptors (Lipinski definition) is 2. The minimum Gasteiger partial charge on any atom is -0.344 e. The summed E-state index contributed by atoms with van der Waals surface area (Å²) in [5, 5.41) is 5.72. The fourth-order valence-corrected chi connectivity index (χ4v) is 11.6. The van der Waals surface area contributed by atoms with Crippen LogP contribution in [0.3, 0.4) is 0 Å². The largest absolute Gasteiger partial charge is 0.344 e. The van der Waals surface area contributed by atoms with Gasteiger partial charge in [-0.25, -0.2) is 0 Å². The van der Waals surface area contributed by atoms with Crippen molar-refractivity contribution in [2.75, 3.05) is 23.9 Å². The van der Waals surface area contributed by atoms with Crippen LogP contribution in [0.2, 0.25) is 0 Å². The van der Waals surface area contributed by atoms with E-state index in [0.717, 1.165) is 0 Å². The second kappa shape index (κ2) is 14.6. The highest BCUT2D eigenvalue weighted by Gasteiger charge is 2.29. The first kappa shape index (κ1) is 43.0. The third-order valence-electron chi connectivity index (χ3n) is 16.2. The van der Waals surface area contributed by atoms with Crippen LogP contribution in [-0.4, -0.2) is 14.1 Å². The number of fused-ring (bicyclic) bond motifs is 2. The first-order chi connectivity index (χ1) is 26.9. The molecule has 2 nitrogen and oxygen atoms in total. The van der Waals surface area contributed by atoms with Gasteiger partial charge in [0.2, 0.25) is 0 Å². The molecule has 2 heteroatoms. The van der Waals surface area contributed by atoms with Gasteiger partial charge >= 0.3 is 0 Å². The molecule has 0 aliphatic carbocycles. The second-order valence-corrected chi connectivity index (χ2v) is 18.5. The lowest BCUT2D eigenvalue weighted by atomic mass is 9.80. The molecule has 0 aliphatic rings. The maximum Gasteiger partial charge on any atom is 0.0476 e. The Hall–Kier alpha value is -4.56. The fourth-order valence-electron chi connectivity index (χ4n) is 11.6. The van der Waals surface area contributed by atoms with Crippen molar-refractivity contribution >= 4 is 44.3 Å². The number of rotatable bonds is 5. The van der Waals surface area contributed by atoms with Gasteiger partial charge in [0, 0.05) is 36.8 Å². The van der Waals surface area contributed by atoms with Gasteiger partial charge in [0.05, 0.1) is 0 Å². The zero-order chi connectivity index (χ0) is 43.6. The van der Waals surface area contributed by atoms with Crippen molar-refractivity contribution in [3.63, 3.8) is 0 Å². The van der Waals surface area contributed by atoms with Crippen LogP contribution in [0, 0.1) is 152 Å². The quantitative estimate of drug-likeness (QED) is 0.172. The van der Waals surface area contributed by atoms with Crippen molar-refractivity contribution in [2.45, 2.75) is 152 Å². The van der Waals surface area contributed by atoms with Gasteiger partial charge in [0.1, 0.15) is 0 Å². The molecule has 0 heterocycles. The van der Waals surface area contributed by atoms with Gasteiger partial charge in [-0.15, -0.1) is 0 Å². The van der Waals surface area contributed by atoms with E-state index in [1.54, 1.807) is 0 Å². The number of nitrogens with zero attached hydrogens (tertiary/aromatic N) is 2. The Balaban J connectivity index is 1.57. The molecule has 58 heavy (non-hydrogen) atoms. The lowest BCUT2D eigenvalue weighted by Crippen LogP contribution is -2.19. The molecule has 0 bridgehead atoms. The summed E-state index contributed by atoms with van der Waals surface area (Å²) in [7, 11) is 4.60. The van der Waals surface area contributed by atoms with E-state index in [2.05, 4.69) is 176 Å². The molecule has 0 atom stereocenters. The van der Waals surface area contributed by atoms with Gasteiger partial charge in [-0.2, -0.15) is 0 Å². The first-order valence-corrected chi connectivity index (χ1v) is 21.5. The molecule has 0 saturated heterocycles. The van der Waals surface area contributed by atoms with Crippen LogP contribution in [0.1, 0.15) is 122 Å². The lowest BCUT2D eigenvalue weighted by Gasteiger charge is -2.34. The molecule has 0 radical (unpaired) electrons. The van der Waals surface area contributed by atoms with Crippen molar-refractivity contribution in [3.8, 4) is 11.1 Å². The van der Waals surface area contributed by atoms with E-state index in [1.807, 2.05) is 0 Å². The van der Waals surface area contributed by atoms with E-state index in [-0.39, 0.29) is 0 Å². The molecule has 0 spiro atoms. The molecule has 0 aromatic heterocycles. The van der Waals surface area contributed by atoms with Crippen LogP contribution >= 0.6 is 0 Å². The van der Waals surface area contributed by atoms with Crippen molar-refractivity contribution in [2.24, 2.45) is 0 Å². The molecular weight excluding hydrogens is 701 g/mol. The second-order valence-electron chi connectivity index (χ2n) is 18.5. The number of aryl methyl sites for hydroxylation is 8. The predicted octanol–water partition coefficient (Wildman–Crippen LogP) is 16.0. The average Bonchev–Trinajstić information content (AvgIpc) is 3.17. The van der Waals surface area contributed by atoms with Crippen molar-refractivity contribution in [1.82, 2.24) is 0 Å². The molecule has 6 aromatic carbocycles. The van der Waals surface area contributed by atoms with E-state index < -0.39 is 0 Å². The summed E-state index contributed by atoms with van der Waals surface area (Å²) in [6.45, 7) is 51.3. The van der Waals surface area contributed by atoms with Gasteiger partial charge in [0.15, 0.2) is 0 Å². The zero-order valence-electron chi connectivity index (χ0n) is 40.9. The van der Waals surface area contributed by atoms with E-state index in [4.69, 9.17) is 0 Å². The highest BCUT2D eigenvalue weighted by atomic mass is 15.1. The Morgan fingerprint density at radius 3 is 0.552 bits per heavy atom. The Kier molecular flexibility index (Phi) is 10.8. The SMILES string of the molecule is Cc1c(C)c(N(C)c2c(C)c(C)c3c(C)c(C)c(C)c(C)c3c2C)c(C)c(C)c1-c1c(C)c(C)c(N(C)c2c(C)c(C)c3c(C)c(C)c(C)c(C)c3c2C)c(C)c1C. The van der Waals surface area contributed by atoms with Gasteiger partial charge in [0.25, 0.3) is 0 Å². The van der Waals surface area contributed by atoms with Crippen LogP contribution in [0.15, 0.2) is 0 Å². The van der Waals surface area contributed by atoms with Crippen LogP contribution in [0.25, 0.3) is 32.7 Å². The van der Waals surface area contributed by atoms with Crippen molar-refractivity contribution < 1.29 is 0 Å². The maximum atomic E-state index is 2.52. The van der Waals surface area contributed by atoms with Crippen LogP contribution in [-0.2, 0) is 0 Å². The summed E-state index contributed by atoms with van der Waals surface area (Å²) < 4.78 is 0. The summed E-state index contributed by atoms with van der Waals surface area (Å²) in [5.74, 6) is 0. The molecule has 306 valence electrons. The normalized spacial score (nSPS) is 11.8. The van der Waals surface area contributed by atoms with E-state index in [9.17, 15) is 0 Å². The third-order valence-corrected chi connectivity index (χ3v) is 16.2. The topological polar surface area (TPSA) is 6.48 Å². The smallest absolute Gasteiger partial charge is 0.0476 e. The van der Waals surface area contributed by atoms with Gasteiger partial charge in [-0.3, -0.25) is 0 Å². The van der Waals surface area contributed by atoms with Crippen LogP contribution in [0.5, 0.6) is 0 Å². The predicted molar refractivity (Wildman–Crippen MR) is 260 cm³/mol. The number of benzene rings is 6. The van der Waals surface area contributed by atoms with Crippen LogP contribution < -0.4 is 9.80 Å². The number of anilines is 4. The fraction of sp³-hybridized carbons (Fsp3) is 0.429. The standard InChI is InChI=1S/C56H72N2/c1-25-27(3)31(7)51-45(21)55(43(19)37(13)47(51)29(25)5)57(23)53-39(15)33(9)49(34(10)40(53)16)50-35(11)41(17)54(42(18)36(50)12)58(24)56-44(20)38(14)48-30(6)26(2)28(4)32(8)52(48)46(56)22/h1-24H3. The molecule has 0 aliphatic heterocycles. The maximum absolute atomic E-state index is 2.52. The monoisotopic (exact) mass is 773 g/mol. The lowest BCUT2D eigenvalue weighted by molar-refractivity contribution is 1.09. The molecule has 0 N–H and O–H groups in total. The summed E-state index contributed by atoms with van der Waals surface area (Å²) in [6, 6.07) is 0. The van der Waals surface area contributed by atoms with Crippen molar-refractivity contribution in [1.29, 1.82) is 0 Å². The summed E-state index contributed by atoms with van der Waals surface area (Å²) in [4.78, 5) is 5.04. The van der Waals surface area contributed by atoms with Crippen molar-refractivity contribution in [3.05, 3.63) is 122 Å². The molecule has 0 saturated carbocycles. The van der Waals surface area contributed by atoms with Crippen LogP contribution in [0.4, 0.5) is 22.7 Å². The van der Waals surface area contributed by atoms with E-state index in [0.29, 0.717) is 0 Å². The highest BCUT2D eigenvalue weighted by Crippen LogP contribution is 2.50. The molecule has 6 rings (SSSR count). The molecule has 0 fully saturated rings.